The molecule has 0 saturated heterocycles. The van der Waals surface area contributed by atoms with Crippen LogP contribution in [0.4, 0.5) is 0 Å². The van der Waals surface area contributed by atoms with Crippen LogP contribution in [0.25, 0.3) is 11.1 Å². The Labute approximate surface area is 99.1 Å². The molecule has 2 heteroatoms. The Balaban J connectivity index is 0.00000106. The second-order valence-corrected chi connectivity index (χ2v) is 4.09. The van der Waals surface area contributed by atoms with Crippen molar-refractivity contribution in [2.24, 2.45) is 5.92 Å². The van der Waals surface area contributed by atoms with E-state index < -0.39 is 0 Å². The van der Waals surface area contributed by atoms with Gasteiger partial charge in [0.15, 0.2) is 0 Å². The maximum Gasteiger partial charge on any atom is 0.0877 e. The zero-order chi connectivity index (χ0) is 12.7. The van der Waals surface area contributed by atoms with Crippen molar-refractivity contribution in [1.82, 2.24) is 9.97 Å². The van der Waals surface area contributed by atoms with Gasteiger partial charge in [0.2, 0.25) is 0 Å². The minimum Gasteiger partial charge on any atom is -0.253 e. The summed E-state index contributed by atoms with van der Waals surface area (Å²) in [5.74, 6) is 0.518. The Bertz CT molecular complexity index is 426. The lowest BCUT2D eigenvalue weighted by Crippen LogP contribution is -2.34. The predicted molar refractivity (Wildman–Crippen MR) is 71.3 cm³/mol. The van der Waals surface area contributed by atoms with Crippen molar-refractivity contribution in [2.75, 3.05) is 0 Å². The maximum absolute atomic E-state index is 4.40. The fourth-order valence-electron chi connectivity index (χ4n) is 1.27. The highest BCUT2D eigenvalue weighted by atomic mass is 14.8. The van der Waals surface area contributed by atoms with Gasteiger partial charge in [0.25, 0.3) is 0 Å². The molecule has 1 aromatic rings. The molecule has 0 amide bonds. The molecule has 2 nitrogen and oxygen atoms in total. The van der Waals surface area contributed by atoms with E-state index in [0.29, 0.717) is 5.92 Å². The van der Waals surface area contributed by atoms with Gasteiger partial charge >= 0.3 is 0 Å². The van der Waals surface area contributed by atoms with Crippen LogP contribution in [0.1, 0.15) is 48.5 Å². The summed E-state index contributed by atoms with van der Waals surface area (Å²) in [5.41, 5.74) is 2.52. The number of hydrogen-bond acceptors (Lipinski definition) is 2. The van der Waals surface area contributed by atoms with E-state index in [0.717, 1.165) is 10.7 Å². The molecule has 0 bridgehead atoms. The lowest BCUT2D eigenvalue weighted by atomic mass is 10.0. The maximum atomic E-state index is 4.40. The largest absolute Gasteiger partial charge is 0.253 e. The predicted octanol–water partition coefficient (Wildman–Crippen LogP) is 2.52. The molecule has 90 valence electrons. The Hall–Kier alpha value is -1.18. The molecular formula is C14H24N2. The smallest absolute Gasteiger partial charge is 0.0877 e. The third kappa shape index (κ3) is 3.76. The van der Waals surface area contributed by atoms with Crippen LogP contribution < -0.4 is 10.7 Å². The van der Waals surface area contributed by atoms with E-state index in [4.69, 9.17) is 0 Å². The van der Waals surface area contributed by atoms with Crippen molar-refractivity contribution >= 4 is 11.1 Å². The van der Waals surface area contributed by atoms with Crippen LogP contribution in [0.2, 0.25) is 0 Å². The molecule has 0 aromatic carbocycles. The van der Waals surface area contributed by atoms with Crippen molar-refractivity contribution < 1.29 is 0 Å². The standard InChI is InChI=1S/C12H18N2.C2H6/c1-8(2)10(5)12-11(9(3)4)13-6-7-14-12;1-2/h6-8H,1-5H3;1-2H3/b12-10-;. The SMILES string of the molecule is CC.CC(C)=c1nccn/c1=C(/C)C(C)C. The summed E-state index contributed by atoms with van der Waals surface area (Å²) in [6, 6.07) is 0. The lowest BCUT2D eigenvalue weighted by molar-refractivity contribution is 0.830. The van der Waals surface area contributed by atoms with Crippen LogP contribution in [0.5, 0.6) is 0 Å². The number of rotatable bonds is 1. The van der Waals surface area contributed by atoms with E-state index >= 15 is 0 Å². The molecule has 0 aliphatic rings. The Kier molecular flexibility index (Phi) is 6.63. The summed E-state index contributed by atoms with van der Waals surface area (Å²) in [6.07, 6.45) is 3.51. The van der Waals surface area contributed by atoms with Gasteiger partial charge in [0, 0.05) is 12.4 Å². The number of aromatic nitrogens is 2. The summed E-state index contributed by atoms with van der Waals surface area (Å²) in [5, 5.41) is 2.07. The highest BCUT2D eigenvalue weighted by molar-refractivity contribution is 5.45. The van der Waals surface area contributed by atoms with E-state index in [1.54, 1.807) is 12.4 Å². The van der Waals surface area contributed by atoms with E-state index in [1.165, 1.54) is 11.1 Å². The molecule has 0 atom stereocenters. The lowest BCUT2D eigenvalue weighted by Gasteiger charge is -2.04. The Morgan fingerprint density at radius 3 is 1.75 bits per heavy atom. The molecule has 0 unspecified atom stereocenters. The van der Waals surface area contributed by atoms with E-state index in [1.807, 2.05) is 13.8 Å². The van der Waals surface area contributed by atoms with Gasteiger partial charge < -0.3 is 0 Å². The zero-order valence-corrected chi connectivity index (χ0v) is 11.6. The summed E-state index contributed by atoms with van der Waals surface area (Å²) >= 11 is 0. The third-order valence-electron chi connectivity index (χ3n) is 2.41. The van der Waals surface area contributed by atoms with Gasteiger partial charge in [-0.15, -0.1) is 0 Å². The highest BCUT2D eigenvalue weighted by Crippen LogP contribution is 2.05. The molecule has 1 rings (SSSR count). The number of hydrogen-bond donors (Lipinski definition) is 0. The van der Waals surface area contributed by atoms with E-state index in [9.17, 15) is 0 Å². The monoisotopic (exact) mass is 220 g/mol. The Morgan fingerprint density at radius 1 is 0.938 bits per heavy atom. The summed E-state index contributed by atoms with van der Waals surface area (Å²) < 4.78 is 0. The van der Waals surface area contributed by atoms with Crippen LogP contribution in [0.3, 0.4) is 0 Å². The van der Waals surface area contributed by atoms with Gasteiger partial charge in [0.05, 0.1) is 10.7 Å². The molecule has 1 aromatic heterocycles. The van der Waals surface area contributed by atoms with Crippen LogP contribution in [0.15, 0.2) is 12.4 Å². The van der Waals surface area contributed by atoms with Crippen LogP contribution in [-0.2, 0) is 0 Å². The fourth-order valence-corrected chi connectivity index (χ4v) is 1.27. The minimum atomic E-state index is 0.518. The average molecular weight is 220 g/mol. The second-order valence-electron chi connectivity index (χ2n) is 4.09. The van der Waals surface area contributed by atoms with Crippen LogP contribution >= 0.6 is 0 Å². The molecule has 0 N–H and O–H groups in total. The molecule has 0 spiro atoms. The quantitative estimate of drug-likeness (QED) is 0.727. The minimum absolute atomic E-state index is 0.518. The van der Waals surface area contributed by atoms with Crippen LogP contribution in [0, 0.1) is 5.92 Å². The topological polar surface area (TPSA) is 25.8 Å². The zero-order valence-electron chi connectivity index (χ0n) is 11.6. The average Bonchev–Trinajstić information content (AvgIpc) is 2.30. The highest BCUT2D eigenvalue weighted by Gasteiger charge is 2.00. The van der Waals surface area contributed by atoms with Crippen molar-refractivity contribution in [2.45, 2.75) is 48.5 Å². The Morgan fingerprint density at radius 2 is 1.38 bits per heavy atom. The van der Waals surface area contributed by atoms with Gasteiger partial charge in [-0.05, 0) is 37.8 Å². The van der Waals surface area contributed by atoms with Crippen molar-refractivity contribution in [3.05, 3.63) is 23.1 Å². The first-order valence-electron chi connectivity index (χ1n) is 5.99. The van der Waals surface area contributed by atoms with E-state index in [2.05, 4.69) is 44.6 Å². The molecule has 0 fully saturated rings. The first-order valence-corrected chi connectivity index (χ1v) is 5.99. The molecular weight excluding hydrogens is 196 g/mol. The van der Waals surface area contributed by atoms with Gasteiger partial charge in [-0.2, -0.15) is 0 Å². The third-order valence-corrected chi connectivity index (χ3v) is 2.41. The normalized spacial score (nSPS) is 11.8. The molecule has 0 aliphatic carbocycles. The fraction of sp³-hybridized carbons (Fsp3) is 0.571. The first-order chi connectivity index (χ1) is 7.54. The summed E-state index contributed by atoms with van der Waals surface area (Å²) in [6.45, 7) is 14.6. The van der Waals surface area contributed by atoms with Gasteiger partial charge in [-0.3, -0.25) is 9.97 Å². The van der Waals surface area contributed by atoms with E-state index in [-0.39, 0.29) is 0 Å². The van der Waals surface area contributed by atoms with Gasteiger partial charge in [-0.1, -0.05) is 27.7 Å². The van der Waals surface area contributed by atoms with Crippen molar-refractivity contribution in [3.8, 4) is 0 Å². The first kappa shape index (κ1) is 14.8. The van der Waals surface area contributed by atoms with Gasteiger partial charge in [-0.25, -0.2) is 0 Å². The summed E-state index contributed by atoms with van der Waals surface area (Å²) in [4.78, 5) is 8.76. The van der Waals surface area contributed by atoms with Crippen molar-refractivity contribution in [3.63, 3.8) is 0 Å². The molecule has 0 radical (unpaired) electrons. The summed E-state index contributed by atoms with van der Waals surface area (Å²) in [7, 11) is 0. The number of nitrogens with zero attached hydrogens (tertiary/aromatic N) is 2. The van der Waals surface area contributed by atoms with Crippen molar-refractivity contribution in [1.29, 1.82) is 0 Å². The van der Waals surface area contributed by atoms with Gasteiger partial charge in [0.1, 0.15) is 0 Å². The van der Waals surface area contributed by atoms with Crippen LogP contribution in [-0.4, -0.2) is 9.97 Å². The molecule has 0 saturated carbocycles. The molecule has 16 heavy (non-hydrogen) atoms. The molecule has 0 aliphatic heterocycles. The molecule has 1 heterocycles. The second kappa shape index (κ2) is 7.15.